The Morgan fingerprint density at radius 2 is 1.76 bits per heavy atom. The average molecular weight is 532 g/mol. The second-order valence-corrected chi connectivity index (χ2v) is 9.78. The number of ether oxygens (including phenoxy) is 2. The van der Waals surface area contributed by atoms with Gasteiger partial charge in [0.05, 0.1) is 30.3 Å². The standard InChI is InChI=1S/C29H22ClNO5S/c1-35-24-13-12-19(16-23(24)30)27(32)25-26(31(29(34)28(25)33)17-22-11-6-14-37-22)18-7-5-10-21(15-18)36-20-8-3-2-4-9-20/h2-16,26,32H,17H2,1H3/b27-25+. The topological polar surface area (TPSA) is 76.1 Å². The summed E-state index contributed by atoms with van der Waals surface area (Å²) >= 11 is 7.77. The van der Waals surface area contributed by atoms with E-state index in [0.717, 1.165) is 4.88 Å². The zero-order valence-electron chi connectivity index (χ0n) is 19.8. The van der Waals surface area contributed by atoms with Gasteiger partial charge in [0.1, 0.15) is 23.0 Å². The van der Waals surface area contributed by atoms with Gasteiger partial charge in [0, 0.05) is 10.4 Å². The van der Waals surface area contributed by atoms with Crippen molar-refractivity contribution in [3.8, 4) is 17.2 Å². The molecular formula is C29H22ClNO5S. The number of carbonyl (C=O) groups excluding carboxylic acids is 2. The molecule has 0 bridgehead atoms. The fourth-order valence-corrected chi connectivity index (χ4v) is 5.26. The lowest BCUT2D eigenvalue weighted by atomic mass is 9.95. The van der Waals surface area contributed by atoms with Crippen LogP contribution in [0.5, 0.6) is 17.2 Å². The summed E-state index contributed by atoms with van der Waals surface area (Å²) in [6, 6.07) is 24.1. The third-order valence-corrected chi connectivity index (χ3v) is 7.18. The summed E-state index contributed by atoms with van der Waals surface area (Å²) < 4.78 is 11.2. The third kappa shape index (κ3) is 4.96. The molecule has 0 aliphatic carbocycles. The van der Waals surface area contributed by atoms with E-state index >= 15 is 0 Å². The summed E-state index contributed by atoms with van der Waals surface area (Å²) in [5.74, 6) is -0.137. The highest BCUT2D eigenvalue weighted by Crippen LogP contribution is 2.42. The predicted octanol–water partition coefficient (Wildman–Crippen LogP) is 6.82. The number of rotatable bonds is 7. The molecular weight excluding hydrogens is 510 g/mol. The molecule has 1 aromatic heterocycles. The van der Waals surface area contributed by atoms with Gasteiger partial charge in [-0.3, -0.25) is 9.59 Å². The number of amides is 1. The smallest absolute Gasteiger partial charge is 0.295 e. The molecule has 1 N–H and O–H groups in total. The molecule has 186 valence electrons. The second kappa shape index (κ2) is 10.5. The maximum atomic E-state index is 13.3. The number of ketones is 1. The molecule has 0 saturated carbocycles. The molecule has 1 aliphatic heterocycles. The van der Waals surface area contributed by atoms with Crippen LogP contribution in [0.3, 0.4) is 0 Å². The number of benzene rings is 3. The first-order valence-corrected chi connectivity index (χ1v) is 12.7. The second-order valence-electron chi connectivity index (χ2n) is 8.34. The Bertz CT molecular complexity index is 1480. The van der Waals surface area contributed by atoms with Crippen molar-refractivity contribution in [2.45, 2.75) is 12.6 Å². The van der Waals surface area contributed by atoms with E-state index in [2.05, 4.69) is 0 Å². The Hall–Kier alpha value is -4.07. The number of thiophene rings is 1. The van der Waals surface area contributed by atoms with Gasteiger partial charge in [-0.25, -0.2) is 0 Å². The van der Waals surface area contributed by atoms with Gasteiger partial charge in [-0.15, -0.1) is 11.3 Å². The number of methoxy groups -OCH3 is 1. The van der Waals surface area contributed by atoms with Crippen molar-refractivity contribution < 1.29 is 24.2 Å². The fraction of sp³-hybridized carbons (Fsp3) is 0.103. The van der Waals surface area contributed by atoms with E-state index in [1.165, 1.54) is 29.4 Å². The van der Waals surface area contributed by atoms with Crippen LogP contribution in [0.2, 0.25) is 5.02 Å². The number of halogens is 1. The molecule has 37 heavy (non-hydrogen) atoms. The number of likely N-dealkylation sites (tertiary alicyclic amines) is 1. The normalized spacial score (nSPS) is 16.7. The zero-order chi connectivity index (χ0) is 25.9. The molecule has 0 spiro atoms. The maximum Gasteiger partial charge on any atom is 0.295 e. The highest BCUT2D eigenvalue weighted by molar-refractivity contribution is 7.09. The molecule has 6 nitrogen and oxygen atoms in total. The van der Waals surface area contributed by atoms with E-state index in [1.807, 2.05) is 53.9 Å². The maximum absolute atomic E-state index is 13.3. The number of aliphatic hydroxyl groups is 1. The summed E-state index contributed by atoms with van der Waals surface area (Å²) in [4.78, 5) is 29.0. The van der Waals surface area contributed by atoms with Crippen molar-refractivity contribution in [2.75, 3.05) is 7.11 Å². The molecule has 1 atom stereocenters. The van der Waals surface area contributed by atoms with Crippen molar-refractivity contribution in [1.29, 1.82) is 0 Å². The van der Waals surface area contributed by atoms with E-state index in [0.29, 0.717) is 28.4 Å². The highest BCUT2D eigenvalue weighted by Gasteiger charge is 2.46. The van der Waals surface area contributed by atoms with Gasteiger partial charge in [-0.05, 0) is 59.5 Å². The summed E-state index contributed by atoms with van der Waals surface area (Å²) in [7, 11) is 1.49. The summed E-state index contributed by atoms with van der Waals surface area (Å²) in [5, 5.41) is 13.5. The zero-order valence-corrected chi connectivity index (χ0v) is 21.3. The van der Waals surface area contributed by atoms with E-state index in [9.17, 15) is 14.7 Å². The summed E-state index contributed by atoms with van der Waals surface area (Å²) in [6.45, 7) is 0.219. The van der Waals surface area contributed by atoms with Crippen LogP contribution in [0.1, 0.15) is 22.0 Å². The Kier molecular flexibility index (Phi) is 6.99. The van der Waals surface area contributed by atoms with Crippen LogP contribution in [0, 0.1) is 0 Å². The van der Waals surface area contributed by atoms with E-state index in [4.69, 9.17) is 21.1 Å². The minimum absolute atomic E-state index is 0.0142. The molecule has 1 fully saturated rings. The van der Waals surface area contributed by atoms with Gasteiger partial charge in [0.15, 0.2) is 0 Å². The van der Waals surface area contributed by atoms with Crippen LogP contribution in [0.15, 0.2) is 95.9 Å². The molecule has 1 amide bonds. The van der Waals surface area contributed by atoms with E-state index in [-0.39, 0.29) is 22.9 Å². The van der Waals surface area contributed by atoms with Crippen LogP contribution in [-0.2, 0) is 16.1 Å². The Morgan fingerprint density at radius 1 is 0.973 bits per heavy atom. The fourth-order valence-electron chi connectivity index (χ4n) is 4.30. The Labute approximate surface area is 223 Å². The minimum Gasteiger partial charge on any atom is -0.507 e. The molecule has 4 aromatic rings. The largest absolute Gasteiger partial charge is 0.507 e. The number of hydrogen-bond donors (Lipinski definition) is 1. The SMILES string of the molecule is COc1ccc(/C(O)=C2\C(=O)C(=O)N(Cc3cccs3)C2c2cccc(Oc3ccccc3)c2)cc1Cl. The third-order valence-electron chi connectivity index (χ3n) is 6.02. The number of aliphatic hydroxyl groups excluding tert-OH is 1. The lowest BCUT2D eigenvalue weighted by Crippen LogP contribution is -2.28. The van der Waals surface area contributed by atoms with Crippen molar-refractivity contribution >= 4 is 40.4 Å². The van der Waals surface area contributed by atoms with Crippen LogP contribution in [0.4, 0.5) is 0 Å². The lowest BCUT2D eigenvalue weighted by molar-refractivity contribution is -0.140. The Morgan fingerprint density at radius 3 is 2.46 bits per heavy atom. The lowest BCUT2D eigenvalue weighted by Gasteiger charge is -2.25. The van der Waals surface area contributed by atoms with Crippen LogP contribution < -0.4 is 9.47 Å². The number of carbonyl (C=O) groups is 2. The molecule has 5 rings (SSSR count). The number of hydrogen-bond acceptors (Lipinski definition) is 6. The van der Waals surface area contributed by atoms with Crippen LogP contribution >= 0.6 is 22.9 Å². The molecule has 2 heterocycles. The molecule has 8 heteroatoms. The first-order valence-electron chi connectivity index (χ1n) is 11.4. The molecule has 1 unspecified atom stereocenters. The number of para-hydroxylation sites is 1. The molecule has 0 radical (unpaired) electrons. The van der Waals surface area contributed by atoms with Crippen molar-refractivity contribution in [1.82, 2.24) is 4.90 Å². The quantitative estimate of drug-likeness (QED) is 0.161. The summed E-state index contributed by atoms with van der Waals surface area (Å²) in [5.41, 5.74) is 0.923. The first-order chi connectivity index (χ1) is 18.0. The summed E-state index contributed by atoms with van der Waals surface area (Å²) in [6.07, 6.45) is 0. The average Bonchev–Trinajstić information content (AvgIpc) is 3.51. The molecule has 1 aliphatic rings. The van der Waals surface area contributed by atoms with Gasteiger partial charge in [0.2, 0.25) is 0 Å². The molecule has 1 saturated heterocycles. The van der Waals surface area contributed by atoms with Gasteiger partial charge >= 0.3 is 0 Å². The van der Waals surface area contributed by atoms with Crippen molar-refractivity contribution in [3.63, 3.8) is 0 Å². The van der Waals surface area contributed by atoms with E-state index < -0.39 is 17.7 Å². The first kappa shape index (κ1) is 24.6. The number of Topliss-reactive ketones (excluding diaryl/α,β-unsaturated/α-hetero) is 1. The predicted molar refractivity (Wildman–Crippen MR) is 143 cm³/mol. The van der Waals surface area contributed by atoms with Crippen molar-refractivity contribution in [2.24, 2.45) is 0 Å². The van der Waals surface area contributed by atoms with Crippen LogP contribution in [0.25, 0.3) is 5.76 Å². The van der Waals surface area contributed by atoms with Gasteiger partial charge < -0.3 is 19.5 Å². The van der Waals surface area contributed by atoms with Gasteiger partial charge in [0.25, 0.3) is 11.7 Å². The van der Waals surface area contributed by atoms with Crippen molar-refractivity contribution in [3.05, 3.63) is 117 Å². The van der Waals surface area contributed by atoms with E-state index in [1.54, 1.807) is 30.3 Å². The Balaban J connectivity index is 1.62. The van der Waals surface area contributed by atoms with Gasteiger partial charge in [-0.1, -0.05) is 48.0 Å². The molecule has 3 aromatic carbocycles. The minimum atomic E-state index is -0.831. The number of nitrogens with zero attached hydrogens (tertiary/aromatic N) is 1. The van der Waals surface area contributed by atoms with Crippen LogP contribution in [-0.4, -0.2) is 28.8 Å². The van der Waals surface area contributed by atoms with Gasteiger partial charge in [-0.2, -0.15) is 0 Å². The highest BCUT2D eigenvalue weighted by atomic mass is 35.5. The monoisotopic (exact) mass is 531 g/mol.